The fraction of sp³-hybridized carbons (Fsp3) is 0.704. The second kappa shape index (κ2) is 9.99. The molecule has 3 saturated carbocycles. The van der Waals surface area contributed by atoms with Crippen molar-refractivity contribution in [2.75, 3.05) is 0 Å². The summed E-state index contributed by atoms with van der Waals surface area (Å²) in [6.45, 7) is 2.13. The minimum atomic E-state index is -0.253. The zero-order valence-electron chi connectivity index (χ0n) is 18.1. The Morgan fingerprint density at radius 3 is 2.28 bits per heavy atom. The van der Waals surface area contributed by atoms with Gasteiger partial charge in [-0.25, -0.2) is 4.39 Å². The number of halogens is 2. The van der Waals surface area contributed by atoms with Crippen LogP contribution in [0.5, 0.6) is 0 Å². The molecule has 3 aliphatic carbocycles. The molecule has 0 radical (unpaired) electrons. The second-order valence-electron chi connectivity index (χ2n) is 10.2. The van der Waals surface area contributed by atoms with Gasteiger partial charge in [-0.3, -0.25) is 0 Å². The molecular weight excluding hydrogens is 379 g/mol. The number of fused-ring (bicyclic) bond motifs is 1. The molecule has 0 spiro atoms. The van der Waals surface area contributed by atoms with Gasteiger partial charge in [0.05, 0.1) is 5.02 Å². The first-order chi connectivity index (χ1) is 14.1. The van der Waals surface area contributed by atoms with Crippen LogP contribution in [-0.2, 0) is 0 Å². The highest BCUT2D eigenvalue weighted by Crippen LogP contribution is 2.51. The Morgan fingerprint density at radius 1 is 0.897 bits per heavy atom. The number of hydrogen-bond acceptors (Lipinski definition) is 0. The van der Waals surface area contributed by atoms with Crippen molar-refractivity contribution in [1.82, 2.24) is 0 Å². The van der Waals surface area contributed by atoms with Crippen LogP contribution in [0.1, 0.15) is 95.5 Å². The molecule has 4 unspecified atom stereocenters. The molecule has 160 valence electrons. The Hall–Kier alpha value is -0.820. The Kier molecular flexibility index (Phi) is 7.38. The molecular formula is C27H38ClF. The van der Waals surface area contributed by atoms with Gasteiger partial charge in [0.1, 0.15) is 5.82 Å². The van der Waals surface area contributed by atoms with E-state index >= 15 is 0 Å². The highest BCUT2D eigenvalue weighted by atomic mass is 35.5. The third-order valence-corrected chi connectivity index (χ3v) is 8.91. The largest absolute Gasteiger partial charge is 0.205 e. The van der Waals surface area contributed by atoms with Crippen molar-refractivity contribution >= 4 is 11.6 Å². The van der Waals surface area contributed by atoms with Gasteiger partial charge in [0.25, 0.3) is 0 Å². The Labute approximate surface area is 182 Å². The van der Waals surface area contributed by atoms with Crippen LogP contribution < -0.4 is 0 Å². The first-order valence-electron chi connectivity index (χ1n) is 12.2. The molecule has 0 amide bonds. The monoisotopic (exact) mass is 416 g/mol. The molecule has 0 saturated heterocycles. The van der Waals surface area contributed by atoms with Crippen LogP contribution in [0.25, 0.3) is 0 Å². The summed E-state index contributed by atoms with van der Waals surface area (Å²) in [7, 11) is 0. The van der Waals surface area contributed by atoms with E-state index in [1.165, 1.54) is 82.6 Å². The molecule has 0 nitrogen and oxygen atoms in total. The van der Waals surface area contributed by atoms with Crippen molar-refractivity contribution in [2.24, 2.45) is 29.6 Å². The fourth-order valence-electron chi connectivity index (χ4n) is 6.87. The van der Waals surface area contributed by atoms with E-state index in [1.54, 1.807) is 12.1 Å². The van der Waals surface area contributed by atoms with Gasteiger partial charge in [0, 0.05) is 0 Å². The smallest absolute Gasteiger partial charge is 0.142 e. The van der Waals surface area contributed by atoms with E-state index in [-0.39, 0.29) is 10.8 Å². The lowest BCUT2D eigenvalue weighted by molar-refractivity contribution is 0.0713. The maximum atomic E-state index is 13.9. The fourth-order valence-corrected chi connectivity index (χ4v) is 6.99. The minimum absolute atomic E-state index is 0.250. The molecule has 0 aliphatic heterocycles. The van der Waals surface area contributed by atoms with Crippen LogP contribution >= 0.6 is 11.6 Å². The lowest BCUT2D eigenvalue weighted by atomic mass is 9.60. The van der Waals surface area contributed by atoms with Crippen LogP contribution in [0.3, 0.4) is 0 Å². The summed E-state index contributed by atoms with van der Waals surface area (Å²) in [5, 5.41) is 0.250. The summed E-state index contributed by atoms with van der Waals surface area (Å²) < 4.78 is 13.9. The van der Waals surface area contributed by atoms with Crippen molar-refractivity contribution in [2.45, 2.75) is 89.9 Å². The van der Waals surface area contributed by atoms with Crippen LogP contribution in [-0.4, -0.2) is 0 Å². The Balaban J connectivity index is 1.26. The first kappa shape index (κ1) is 21.4. The van der Waals surface area contributed by atoms with Crippen molar-refractivity contribution < 1.29 is 4.39 Å². The maximum absolute atomic E-state index is 13.9. The number of rotatable bonds is 5. The molecule has 0 heterocycles. The Morgan fingerprint density at radius 2 is 1.55 bits per heavy atom. The van der Waals surface area contributed by atoms with E-state index < -0.39 is 0 Å². The molecule has 4 atom stereocenters. The summed E-state index contributed by atoms with van der Waals surface area (Å²) in [4.78, 5) is 0. The predicted molar refractivity (Wildman–Crippen MR) is 122 cm³/mol. The summed E-state index contributed by atoms with van der Waals surface area (Å²) in [6.07, 6.45) is 21.3. The lowest BCUT2D eigenvalue weighted by Gasteiger charge is -2.45. The zero-order chi connectivity index (χ0) is 20.2. The Bertz CT molecular complexity index is 688. The van der Waals surface area contributed by atoms with Crippen LogP contribution in [0, 0.1) is 35.4 Å². The van der Waals surface area contributed by atoms with Crippen molar-refractivity contribution in [3.05, 3.63) is 46.8 Å². The SMILES string of the molecule is C/C=C/CCC1CCC(C2CCC3CC(c4ccc(Cl)c(F)c4)CCC3C2)CC1. The van der Waals surface area contributed by atoms with Crippen molar-refractivity contribution in [3.63, 3.8) is 0 Å². The molecule has 0 aromatic heterocycles. The van der Waals surface area contributed by atoms with Gasteiger partial charge in [-0.1, -0.05) is 42.7 Å². The van der Waals surface area contributed by atoms with E-state index in [0.29, 0.717) is 5.92 Å². The zero-order valence-corrected chi connectivity index (χ0v) is 18.8. The number of hydrogen-bond donors (Lipinski definition) is 0. The van der Waals surface area contributed by atoms with E-state index in [9.17, 15) is 4.39 Å². The quantitative estimate of drug-likeness (QED) is 0.420. The molecule has 4 rings (SSSR count). The third-order valence-electron chi connectivity index (χ3n) is 8.60. The maximum Gasteiger partial charge on any atom is 0.142 e. The van der Waals surface area contributed by atoms with Crippen LogP contribution in [0.15, 0.2) is 30.4 Å². The van der Waals surface area contributed by atoms with Gasteiger partial charge in [0.2, 0.25) is 0 Å². The molecule has 2 heteroatoms. The minimum Gasteiger partial charge on any atom is -0.205 e. The van der Waals surface area contributed by atoms with Crippen molar-refractivity contribution in [3.8, 4) is 0 Å². The summed E-state index contributed by atoms with van der Waals surface area (Å²) in [5.41, 5.74) is 1.17. The highest BCUT2D eigenvalue weighted by Gasteiger charge is 2.39. The predicted octanol–water partition coefficient (Wildman–Crippen LogP) is 8.94. The lowest BCUT2D eigenvalue weighted by Crippen LogP contribution is -2.34. The van der Waals surface area contributed by atoms with Gasteiger partial charge < -0.3 is 0 Å². The average Bonchev–Trinajstić information content (AvgIpc) is 2.75. The van der Waals surface area contributed by atoms with Gasteiger partial charge in [-0.2, -0.15) is 0 Å². The second-order valence-corrected chi connectivity index (χ2v) is 10.6. The normalized spacial score (nSPS) is 35.6. The molecule has 29 heavy (non-hydrogen) atoms. The highest BCUT2D eigenvalue weighted by molar-refractivity contribution is 6.30. The third kappa shape index (κ3) is 5.27. The first-order valence-corrected chi connectivity index (χ1v) is 12.6. The van der Waals surface area contributed by atoms with E-state index in [0.717, 1.165) is 29.6 Å². The molecule has 1 aromatic rings. The average molecular weight is 417 g/mol. The van der Waals surface area contributed by atoms with Crippen LogP contribution in [0.4, 0.5) is 4.39 Å². The summed E-state index contributed by atoms with van der Waals surface area (Å²) in [6, 6.07) is 5.48. The van der Waals surface area contributed by atoms with Gasteiger partial charge in [0.15, 0.2) is 0 Å². The molecule has 0 N–H and O–H groups in total. The van der Waals surface area contributed by atoms with Crippen molar-refractivity contribution in [1.29, 1.82) is 0 Å². The van der Waals surface area contributed by atoms with Gasteiger partial charge in [-0.15, -0.1) is 0 Å². The number of allylic oxidation sites excluding steroid dienone is 2. The van der Waals surface area contributed by atoms with Gasteiger partial charge in [-0.05, 0) is 124 Å². The molecule has 0 bridgehead atoms. The van der Waals surface area contributed by atoms with E-state index in [2.05, 4.69) is 25.1 Å². The molecule has 1 aromatic carbocycles. The topological polar surface area (TPSA) is 0 Å². The standard InChI is InChI=1S/C27H38ClF/c1-2-3-4-5-19-6-8-20(9-7-19)21-10-11-23-17-24(13-12-22(23)16-21)25-14-15-26(28)27(29)18-25/h2-3,14-15,18-24H,4-13,16-17H2,1H3/b3-2+. The van der Waals surface area contributed by atoms with Gasteiger partial charge >= 0.3 is 0 Å². The molecule has 3 aliphatic rings. The van der Waals surface area contributed by atoms with E-state index in [1.807, 2.05) is 0 Å². The van der Waals surface area contributed by atoms with Crippen LogP contribution in [0.2, 0.25) is 5.02 Å². The summed E-state index contributed by atoms with van der Waals surface area (Å²) in [5.74, 6) is 5.03. The number of benzene rings is 1. The van der Waals surface area contributed by atoms with E-state index in [4.69, 9.17) is 11.6 Å². The summed E-state index contributed by atoms with van der Waals surface area (Å²) >= 11 is 5.88. The molecule has 3 fully saturated rings.